The van der Waals surface area contributed by atoms with Crippen LogP contribution in [0.5, 0.6) is 0 Å². The van der Waals surface area contributed by atoms with Gasteiger partial charge in [0.15, 0.2) is 0 Å². The van der Waals surface area contributed by atoms with Crippen LogP contribution in [0.1, 0.15) is 39.3 Å². The van der Waals surface area contributed by atoms with E-state index in [1.807, 2.05) is 20.8 Å². The highest BCUT2D eigenvalue weighted by atomic mass is 35.5. The number of carbonyl (C=O) groups excluding carboxylic acids is 2. The minimum absolute atomic E-state index is 0.0905. The molecule has 2 atom stereocenters. The summed E-state index contributed by atoms with van der Waals surface area (Å²) in [5, 5.41) is 6.42. The van der Waals surface area contributed by atoms with E-state index >= 15 is 0 Å². The second kappa shape index (κ2) is 8.99. The molecular weight excluding hydrogens is 339 g/mol. The molecule has 0 aromatic heterocycles. The Morgan fingerprint density at radius 2 is 1.83 bits per heavy atom. The average molecular weight is 361 g/mol. The lowest BCUT2D eigenvalue weighted by molar-refractivity contribution is -0.124. The molecule has 0 bridgehead atoms. The summed E-state index contributed by atoms with van der Waals surface area (Å²) >= 11 is 12.0. The third-order valence-corrected chi connectivity index (χ3v) is 3.85. The minimum Gasteiger partial charge on any atom is -0.450 e. The number of carbonyl (C=O) groups is 2. The van der Waals surface area contributed by atoms with Crippen LogP contribution in [0.25, 0.3) is 0 Å². The summed E-state index contributed by atoms with van der Waals surface area (Å²) in [6.45, 7) is 7.45. The third-order valence-electron chi connectivity index (χ3n) is 3.29. The van der Waals surface area contributed by atoms with Gasteiger partial charge in [-0.25, -0.2) is 4.79 Å². The van der Waals surface area contributed by atoms with Crippen LogP contribution in [0.3, 0.4) is 0 Å². The van der Waals surface area contributed by atoms with Crippen molar-refractivity contribution < 1.29 is 14.3 Å². The van der Waals surface area contributed by atoms with Gasteiger partial charge in [-0.1, -0.05) is 43.1 Å². The Morgan fingerprint density at radius 3 is 2.35 bits per heavy atom. The Bertz CT molecular complexity index is 564. The van der Waals surface area contributed by atoms with Crippen LogP contribution in [0, 0.1) is 5.92 Å². The first-order valence-electron chi connectivity index (χ1n) is 7.44. The molecule has 2 amide bonds. The van der Waals surface area contributed by atoms with Gasteiger partial charge in [-0.15, -0.1) is 0 Å². The maximum Gasteiger partial charge on any atom is 0.407 e. The van der Waals surface area contributed by atoms with Gasteiger partial charge in [-0.3, -0.25) is 4.79 Å². The highest BCUT2D eigenvalue weighted by molar-refractivity contribution is 6.35. The molecule has 2 unspecified atom stereocenters. The fraction of sp³-hybridized carbons (Fsp3) is 0.500. The van der Waals surface area contributed by atoms with E-state index in [1.54, 1.807) is 25.1 Å². The molecule has 0 saturated heterocycles. The second-order valence-corrected chi connectivity index (χ2v) is 6.33. The van der Waals surface area contributed by atoms with Gasteiger partial charge in [0, 0.05) is 10.0 Å². The Kier molecular flexibility index (Phi) is 7.65. The molecule has 23 heavy (non-hydrogen) atoms. The highest BCUT2D eigenvalue weighted by Gasteiger charge is 2.26. The zero-order valence-electron chi connectivity index (χ0n) is 13.7. The van der Waals surface area contributed by atoms with E-state index in [-0.39, 0.29) is 24.5 Å². The molecule has 0 aliphatic carbocycles. The van der Waals surface area contributed by atoms with E-state index in [4.69, 9.17) is 27.9 Å². The first kappa shape index (κ1) is 19.6. The van der Waals surface area contributed by atoms with E-state index in [0.717, 1.165) is 5.56 Å². The van der Waals surface area contributed by atoms with Gasteiger partial charge in [0.05, 0.1) is 12.6 Å². The number of alkyl carbamates (subject to hydrolysis) is 1. The van der Waals surface area contributed by atoms with E-state index < -0.39 is 12.1 Å². The van der Waals surface area contributed by atoms with Crippen molar-refractivity contribution in [1.29, 1.82) is 0 Å². The lowest BCUT2D eigenvalue weighted by Crippen LogP contribution is -2.50. The molecule has 1 aromatic rings. The van der Waals surface area contributed by atoms with Gasteiger partial charge in [0.25, 0.3) is 0 Å². The maximum absolute atomic E-state index is 12.4. The molecule has 0 aliphatic rings. The van der Waals surface area contributed by atoms with Crippen molar-refractivity contribution in [1.82, 2.24) is 10.6 Å². The maximum atomic E-state index is 12.4. The van der Waals surface area contributed by atoms with Crippen molar-refractivity contribution in [3.63, 3.8) is 0 Å². The summed E-state index contributed by atoms with van der Waals surface area (Å²) < 4.78 is 4.83. The molecule has 0 heterocycles. The van der Waals surface area contributed by atoms with Crippen LogP contribution < -0.4 is 10.6 Å². The molecule has 5 nitrogen and oxygen atoms in total. The molecule has 0 saturated carbocycles. The van der Waals surface area contributed by atoms with Crippen molar-refractivity contribution >= 4 is 35.2 Å². The predicted octanol–water partition coefficient (Wildman–Crippen LogP) is 3.94. The summed E-state index contributed by atoms with van der Waals surface area (Å²) in [5.74, 6) is -0.390. The van der Waals surface area contributed by atoms with Crippen molar-refractivity contribution in [3.8, 4) is 0 Å². The number of amides is 2. The summed E-state index contributed by atoms with van der Waals surface area (Å²) in [6.07, 6.45) is -0.612. The number of nitrogens with one attached hydrogen (secondary N) is 2. The Hall–Kier alpha value is -1.46. The lowest BCUT2D eigenvalue weighted by Gasteiger charge is -2.24. The van der Waals surface area contributed by atoms with Gasteiger partial charge >= 0.3 is 6.09 Å². The first-order valence-corrected chi connectivity index (χ1v) is 8.20. The molecule has 0 fully saturated rings. The second-order valence-electron chi connectivity index (χ2n) is 5.48. The first-order chi connectivity index (χ1) is 10.8. The van der Waals surface area contributed by atoms with E-state index in [1.165, 1.54) is 0 Å². The zero-order valence-corrected chi connectivity index (χ0v) is 15.2. The molecular formula is C16H22Cl2N2O3. The van der Waals surface area contributed by atoms with Crippen molar-refractivity contribution in [3.05, 3.63) is 33.8 Å². The standard InChI is InChI=1S/C16H22Cl2N2O3/c1-5-23-16(22)20-14(9(2)3)15(21)19-10(4)12-7-6-11(17)8-13(12)18/h6-10,14H,5H2,1-4H3,(H,19,21)(H,20,22). The summed E-state index contributed by atoms with van der Waals surface area (Å²) in [6, 6.07) is 4.08. The summed E-state index contributed by atoms with van der Waals surface area (Å²) in [7, 11) is 0. The number of benzene rings is 1. The minimum atomic E-state index is -0.692. The number of halogens is 2. The van der Waals surface area contributed by atoms with Crippen molar-refractivity contribution in [2.75, 3.05) is 6.61 Å². The number of hydrogen-bond donors (Lipinski definition) is 2. The quantitative estimate of drug-likeness (QED) is 0.807. The number of ether oxygens (including phenoxy) is 1. The van der Waals surface area contributed by atoms with Crippen LogP contribution in [-0.2, 0) is 9.53 Å². The monoisotopic (exact) mass is 360 g/mol. The van der Waals surface area contributed by atoms with Crippen LogP contribution in [0.15, 0.2) is 18.2 Å². The molecule has 1 rings (SSSR count). The number of rotatable bonds is 6. The molecule has 2 N–H and O–H groups in total. The van der Waals surface area contributed by atoms with Crippen molar-refractivity contribution in [2.24, 2.45) is 5.92 Å². The Balaban J connectivity index is 2.79. The molecule has 0 aliphatic heterocycles. The van der Waals surface area contributed by atoms with Crippen LogP contribution in [0.2, 0.25) is 10.0 Å². The van der Waals surface area contributed by atoms with Gasteiger partial charge < -0.3 is 15.4 Å². The molecule has 128 valence electrons. The smallest absolute Gasteiger partial charge is 0.407 e. The van der Waals surface area contributed by atoms with Crippen LogP contribution in [0.4, 0.5) is 4.79 Å². The number of hydrogen-bond acceptors (Lipinski definition) is 3. The van der Waals surface area contributed by atoms with Gasteiger partial charge in [-0.2, -0.15) is 0 Å². The van der Waals surface area contributed by atoms with Gasteiger partial charge in [0.1, 0.15) is 6.04 Å². The zero-order chi connectivity index (χ0) is 17.6. The fourth-order valence-electron chi connectivity index (χ4n) is 2.07. The Morgan fingerprint density at radius 1 is 1.17 bits per heavy atom. The predicted molar refractivity (Wildman–Crippen MR) is 91.8 cm³/mol. The van der Waals surface area contributed by atoms with Crippen molar-refractivity contribution in [2.45, 2.75) is 39.8 Å². The summed E-state index contributed by atoms with van der Waals surface area (Å²) in [4.78, 5) is 24.0. The van der Waals surface area contributed by atoms with Gasteiger partial charge in [0.2, 0.25) is 5.91 Å². The molecule has 0 spiro atoms. The molecule has 0 radical (unpaired) electrons. The highest BCUT2D eigenvalue weighted by Crippen LogP contribution is 2.26. The van der Waals surface area contributed by atoms with Crippen LogP contribution >= 0.6 is 23.2 Å². The van der Waals surface area contributed by atoms with E-state index in [2.05, 4.69) is 10.6 Å². The summed E-state index contributed by atoms with van der Waals surface area (Å²) in [5.41, 5.74) is 0.753. The largest absolute Gasteiger partial charge is 0.450 e. The van der Waals surface area contributed by atoms with E-state index in [0.29, 0.717) is 10.0 Å². The van der Waals surface area contributed by atoms with Gasteiger partial charge in [-0.05, 0) is 37.5 Å². The Labute approximate surface area is 146 Å². The lowest BCUT2D eigenvalue weighted by atomic mass is 10.0. The fourth-order valence-corrected chi connectivity index (χ4v) is 2.64. The topological polar surface area (TPSA) is 67.4 Å². The van der Waals surface area contributed by atoms with Crippen LogP contribution in [-0.4, -0.2) is 24.6 Å². The third kappa shape index (κ3) is 5.92. The average Bonchev–Trinajstić information content (AvgIpc) is 2.44. The molecule has 1 aromatic carbocycles. The van der Waals surface area contributed by atoms with E-state index in [9.17, 15) is 9.59 Å². The normalized spacial score (nSPS) is 13.3. The molecule has 7 heteroatoms. The SMILES string of the molecule is CCOC(=O)NC(C(=O)NC(C)c1ccc(Cl)cc1Cl)C(C)C.